The molecule has 0 fully saturated rings. The quantitative estimate of drug-likeness (QED) is 0.719. The first-order chi connectivity index (χ1) is 8.54. The van der Waals surface area contributed by atoms with Crippen molar-refractivity contribution in [1.29, 1.82) is 0 Å². The highest BCUT2D eigenvalue weighted by Crippen LogP contribution is 2.04. The molecule has 0 aliphatic heterocycles. The Morgan fingerprint density at radius 1 is 1.44 bits per heavy atom. The van der Waals surface area contributed by atoms with Crippen LogP contribution in [0.25, 0.3) is 0 Å². The molecule has 1 rings (SSSR count). The summed E-state index contributed by atoms with van der Waals surface area (Å²) in [4.78, 5) is 28.4. The number of carbonyl (C=O) groups excluding carboxylic acids is 2. The van der Waals surface area contributed by atoms with Gasteiger partial charge in [-0.05, 0) is 19.1 Å². The first-order valence-corrected chi connectivity index (χ1v) is 5.77. The molecule has 6 nitrogen and oxygen atoms in total. The van der Waals surface area contributed by atoms with Crippen molar-refractivity contribution in [2.75, 3.05) is 6.54 Å². The largest absolute Gasteiger partial charge is 0.370 e. The molecule has 2 amide bonds. The van der Waals surface area contributed by atoms with Crippen LogP contribution in [0.3, 0.4) is 0 Å². The molecule has 1 heterocycles. The van der Waals surface area contributed by atoms with Crippen LogP contribution in [0.4, 0.5) is 0 Å². The van der Waals surface area contributed by atoms with E-state index in [1.165, 1.54) is 0 Å². The summed E-state index contributed by atoms with van der Waals surface area (Å²) in [6.07, 6.45) is 1.52. The average Bonchev–Trinajstić information content (AvgIpc) is 2.35. The molecule has 1 aromatic rings. The molecular weight excluding hydrogens is 232 g/mol. The Hall–Kier alpha value is -1.95. The molecule has 0 aliphatic carbocycles. The fourth-order valence-corrected chi connectivity index (χ4v) is 1.57. The number of hydrogen-bond donors (Lipinski definition) is 2. The fraction of sp³-hybridized carbons (Fsp3) is 0.417. The highest BCUT2D eigenvalue weighted by atomic mass is 16.2. The third kappa shape index (κ3) is 4.14. The van der Waals surface area contributed by atoms with Crippen molar-refractivity contribution < 1.29 is 9.59 Å². The molecule has 0 radical (unpaired) electrons. The first-order valence-electron chi connectivity index (χ1n) is 5.77. The standard InChI is InChI=1S/C12H18N4O2/c1-2-16(8-9-5-3-4-6-15-9)12(18)10(13)7-11(14)17/h3-6,10H,2,7-8,13H2,1H3,(H2,14,17). The molecule has 18 heavy (non-hydrogen) atoms. The number of aromatic nitrogens is 1. The number of carbonyl (C=O) groups is 2. The summed E-state index contributed by atoms with van der Waals surface area (Å²) in [5.41, 5.74) is 11.4. The second-order valence-electron chi connectivity index (χ2n) is 3.95. The Morgan fingerprint density at radius 3 is 2.67 bits per heavy atom. The maximum absolute atomic E-state index is 12.0. The third-order valence-corrected chi connectivity index (χ3v) is 2.51. The SMILES string of the molecule is CCN(Cc1ccccn1)C(=O)C(N)CC(N)=O. The summed E-state index contributed by atoms with van der Waals surface area (Å²) in [6, 6.07) is 4.60. The summed E-state index contributed by atoms with van der Waals surface area (Å²) in [5.74, 6) is -0.869. The Balaban J connectivity index is 2.66. The van der Waals surface area contributed by atoms with Gasteiger partial charge in [-0.2, -0.15) is 0 Å². The van der Waals surface area contributed by atoms with Gasteiger partial charge in [0.05, 0.1) is 24.7 Å². The molecule has 98 valence electrons. The second kappa shape index (κ2) is 6.70. The Labute approximate surface area is 106 Å². The van der Waals surface area contributed by atoms with Gasteiger partial charge in [-0.1, -0.05) is 6.07 Å². The minimum Gasteiger partial charge on any atom is -0.370 e. The summed E-state index contributed by atoms with van der Waals surface area (Å²) in [5, 5.41) is 0. The van der Waals surface area contributed by atoms with Crippen molar-refractivity contribution in [3.8, 4) is 0 Å². The van der Waals surface area contributed by atoms with E-state index in [1.807, 2.05) is 19.1 Å². The third-order valence-electron chi connectivity index (χ3n) is 2.51. The molecule has 0 spiro atoms. The predicted octanol–water partition coefficient (Wildman–Crippen LogP) is -0.367. The lowest BCUT2D eigenvalue weighted by molar-refractivity contribution is -0.135. The van der Waals surface area contributed by atoms with Crippen molar-refractivity contribution in [2.45, 2.75) is 25.9 Å². The minimum absolute atomic E-state index is 0.141. The van der Waals surface area contributed by atoms with Gasteiger partial charge >= 0.3 is 0 Å². The summed E-state index contributed by atoms with van der Waals surface area (Å²) >= 11 is 0. The lowest BCUT2D eigenvalue weighted by Gasteiger charge is -2.23. The molecule has 0 aliphatic rings. The van der Waals surface area contributed by atoms with Gasteiger partial charge < -0.3 is 16.4 Å². The minimum atomic E-state index is -0.883. The van der Waals surface area contributed by atoms with Crippen LogP contribution in [0, 0.1) is 0 Å². The smallest absolute Gasteiger partial charge is 0.240 e. The van der Waals surface area contributed by atoms with Crippen LogP contribution < -0.4 is 11.5 Å². The second-order valence-corrected chi connectivity index (χ2v) is 3.95. The number of primary amides is 1. The van der Waals surface area contributed by atoms with Gasteiger partial charge in [0.25, 0.3) is 0 Å². The predicted molar refractivity (Wildman–Crippen MR) is 67.1 cm³/mol. The topological polar surface area (TPSA) is 102 Å². The monoisotopic (exact) mass is 250 g/mol. The molecule has 0 bridgehead atoms. The van der Waals surface area contributed by atoms with Gasteiger partial charge in [-0.25, -0.2) is 0 Å². The van der Waals surface area contributed by atoms with Gasteiger partial charge in [0.15, 0.2) is 0 Å². The van der Waals surface area contributed by atoms with E-state index in [-0.39, 0.29) is 12.3 Å². The number of amides is 2. The van der Waals surface area contributed by atoms with Crippen molar-refractivity contribution in [2.24, 2.45) is 11.5 Å². The zero-order chi connectivity index (χ0) is 13.5. The van der Waals surface area contributed by atoms with Crippen molar-refractivity contribution in [3.63, 3.8) is 0 Å². The fourth-order valence-electron chi connectivity index (χ4n) is 1.57. The molecule has 1 atom stereocenters. The maximum atomic E-state index is 12.0. The normalized spacial score (nSPS) is 11.9. The van der Waals surface area contributed by atoms with Gasteiger partial charge in [0, 0.05) is 12.7 Å². The zero-order valence-electron chi connectivity index (χ0n) is 10.4. The highest BCUT2D eigenvalue weighted by Gasteiger charge is 2.21. The van der Waals surface area contributed by atoms with Crippen LogP contribution in [0.15, 0.2) is 24.4 Å². The molecule has 0 aromatic carbocycles. The van der Waals surface area contributed by atoms with E-state index in [2.05, 4.69) is 4.98 Å². The number of pyridine rings is 1. The van der Waals surface area contributed by atoms with Crippen LogP contribution in [-0.2, 0) is 16.1 Å². The van der Waals surface area contributed by atoms with E-state index >= 15 is 0 Å². The Kier molecular flexibility index (Phi) is 5.26. The number of nitrogens with two attached hydrogens (primary N) is 2. The number of nitrogens with zero attached hydrogens (tertiary/aromatic N) is 2. The van der Waals surface area contributed by atoms with E-state index in [0.717, 1.165) is 5.69 Å². The van der Waals surface area contributed by atoms with Crippen LogP contribution in [-0.4, -0.2) is 34.3 Å². The first kappa shape index (κ1) is 14.1. The molecule has 6 heteroatoms. The van der Waals surface area contributed by atoms with Crippen LogP contribution >= 0.6 is 0 Å². The highest BCUT2D eigenvalue weighted by molar-refractivity contribution is 5.87. The summed E-state index contributed by atoms with van der Waals surface area (Å²) < 4.78 is 0. The van der Waals surface area contributed by atoms with E-state index in [1.54, 1.807) is 17.2 Å². The maximum Gasteiger partial charge on any atom is 0.240 e. The Morgan fingerprint density at radius 2 is 2.17 bits per heavy atom. The summed E-state index contributed by atoms with van der Waals surface area (Å²) in [6.45, 7) is 2.72. The number of likely N-dealkylation sites (N-methyl/N-ethyl adjacent to an activating group) is 1. The molecule has 1 unspecified atom stereocenters. The van der Waals surface area contributed by atoms with E-state index in [4.69, 9.17) is 11.5 Å². The van der Waals surface area contributed by atoms with Crippen molar-refractivity contribution in [3.05, 3.63) is 30.1 Å². The Bertz CT molecular complexity index is 408. The molecule has 1 aromatic heterocycles. The molecule has 0 saturated carbocycles. The molecule has 4 N–H and O–H groups in total. The zero-order valence-corrected chi connectivity index (χ0v) is 10.4. The van der Waals surface area contributed by atoms with Gasteiger partial charge in [-0.3, -0.25) is 14.6 Å². The molecular formula is C12H18N4O2. The molecule has 0 saturated heterocycles. The number of hydrogen-bond acceptors (Lipinski definition) is 4. The van der Waals surface area contributed by atoms with E-state index in [9.17, 15) is 9.59 Å². The lowest BCUT2D eigenvalue weighted by Crippen LogP contribution is -2.45. The van der Waals surface area contributed by atoms with Gasteiger partial charge in [0.1, 0.15) is 0 Å². The van der Waals surface area contributed by atoms with Gasteiger partial charge in [0.2, 0.25) is 11.8 Å². The van der Waals surface area contributed by atoms with Gasteiger partial charge in [-0.15, -0.1) is 0 Å². The lowest BCUT2D eigenvalue weighted by atomic mass is 10.2. The van der Waals surface area contributed by atoms with Crippen LogP contribution in [0.2, 0.25) is 0 Å². The van der Waals surface area contributed by atoms with Crippen LogP contribution in [0.1, 0.15) is 19.0 Å². The summed E-state index contributed by atoms with van der Waals surface area (Å²) in [7, 11) is 0. The van der Waals surface area contributed by atoms with E-state index in [0.29, 0.717) is 13.1 Å². The van der Waals surface area contributed by atoms with Crippen molar-refractivity contribution >= 4 is 11.8 Å². The van der Waals surface area contributed by atoms with Crippen molar-refractivity contribution in [1.82, 2.24) is 9.88 Å². The average molecular weight is 250 g/mol. The number of rotatable bonds is 6. The van der Waals surface area contributed by atoms with Crippen LogP contribution in [0.5, 0.6) is 0 Å². The van der Waals surface area contributed by atoms with E-state index < -0.39 is 11.9 Å².